The highest BCUT2D eigenvalue weighted by Gasteiger charge is 2.02. The minimum absolute atomic E-state index is 0.0948. The Morgan fingerprint density at radius 2 is 2.00 bits per heavy atom. The maximum absolute atomic E-state index is 5.21. The van der Waals surface area contributed by atoms with E-state index in [9.17, 15) is 0 Å². The fraction of sp³-hybridized carbons (Fsp3) is 0.250. The lowest BCUT2D eigenvalue weighted by Crippen LogP contribution is -2.70. The zero-order chi connectivity index (χ0) is 8.10. The molecule has 1 aromatic carbocycles. The summed E-state index contributed by atoms with van der Waals surface area (Å²) in [5.41, 5.74) is 7.67. The Labute approximate surface area is 66.4 Å². The van der Waals surface area contributed by atoms with Crippen LogP contribution in [-0.2, 0) is 6.42 Å². The molecule has 60 valence electrons. The van der Waals surface area contributed by atoms with Gasteiger partial charge in [0.25, 0.3) is 0 Å². The summed E-state index contributed by atoms with van der Waals surface area (Å²) in [7, 11) is 0. The van der Waals surface area contributed by atoms with Crippen LogP contribution in [0.5, 0.6) is 0 Å². The second-order valence-corrected chi connectivity index (χ2v) is 2.55. The van der Waals surface area contributed by atoms with Crippen molar-refractivity contribution in [3.8, 4) is 0 Å². The van der Waals surface area contributed by atoms with Crippen LogP contribution in [0.25, 0.3) is 0 Å². The standard InChI is InChI=1S/C8H13N3/c9-8(11-10)6-7-4-2-1-3-5-7/h1-5,8,11H,6,9-10H2/p+1. The smallest absolute Gasteiger partial charge is 0.154 e. The van der Waals surface area contributed by atoms with Crippen molar-refractivity contribution in [3.63, 3.8) is 0 Å². The van der Waals surface area contributed by atoms with Gasteiger partial charge in [-0.05, 0) is 5.56 Å². The van der Waals surface area contributed by atoms with Gasteiger partial charge in [-0.15, -0.1) is 0 Å². The molecule has 0 amide bonds. The van der Waals surface area contributed by atoms with Crippen molar-refractivity contribution in [3.05, 3.63) is 35.9 Å². The number of nitrogens with one attached hydrogen (secondary N) is 1. The number of nitrogens with two attached hydrogens (primary N) is 1. The molecular formula is C8H14N3+. The van der Waals surface area contributed by atoms with Gasteiger partial charge in [-0.2, -0.15) is 0 Å². The summed E-state index contributed by atoms with van der Waals surface area (Å²) >= 11 is 0. The molecule has 0 aliphatic carbocycles. The van der Waals surface area contributed by atoms with Crippen molar-refractivity contribution in [2.45, 2.75) is 12.6 Å². The summed E-state index contributed by atoms with van der Waals surface area (Å²) in [5, 5.41) is 0. The second kappa shape index (κ2) is 4.08. The Hall–Kier alpha value is -0.900. The quantitative estimate of drug-likeness (QED) is 0.303. The molecule has 0 aliphatic rings. The van der Waals surface area contributed by atoms with E-state index in [1.165, 1.54) is 5.56 Å². The van der Waals surface area contributed by atoms with Crippen molar-refractivity contribution >= 4 is 0 Å². The van der Waals surface area contributed by atoms with Crippen LogP contribution in [-0.4, -0.2) is 6.17 Å². The third-order valence-electron chi connectivity index (χ3n) is 1.56. The van der Waals surface area contributed by atoms with Gasteiger partial charge in [0.15, 0.2) is 6.17 Å². The predicted octanol–water partition coefficient (Wildman–Crippen LogP) is -0.740. The van der Waals surface area contributed by atoms with E-state index in [0.717, 1.165) is 6.42 Å². The number of hydrazine groups is 1. The summed E-state index contributed by atoms with van der Waals surface area (Å²) in [4.78, 5) is 0. The molecule has 0 saturated carbocycles. The third-order valence-corrected chi connectivity index (χ3v) is 1.56. The van der Waals surface area contributed by atoms with Gasteiger partial charge < -0.3 is 5.73 Å². The Kier molecular flexibility index (Phi) is 3.04. The minimum Gasteiger partial charge on any atom is -0.341 e. The van der Waals surface area contributed by atoms with Crippen molar-refractivity contribution in [1.82, 2.24) is 5.43 Å². The van der Waals surface area contributed by atoms with Gasteiger partial charge in [0.1, 0.15) is 0 Å². The first-order chi connectivity index (χ1) is 5.33. The van der Waals surface area contributed by atoms with Crippen LogP contribution in [0.4, 0.5) is 0 Å². The molecule has 1 aromatic rings. The summed E-state index contributed by atoms with van der Waals surface area (Å²) in [6.45, 7) is 0. The number of quaternary nitrogens is 1. The highest BCUT2D eigenvalue weighted by Crippen LogP contribution is 1.98. The van der Waals surface area contributed by atoms with Crippen LogP contribution >= 0.6 is 0 Å². The van der Waals surface area contributed by atoms with Crippen LogP contribution < -0.4 is 17.0 Å². The first kappa shape index (κ1) is 8.20. The van der Waals surface area contributed by atoms with E-state index in [4.69, 9.17) is 5.84 Å². The molecule has 1 rings (SSSR count). The Balaban J connectivity index is 2.51. The molecular weight excluding hydrogens is 138 g/mol. The summed E-state index contributed by atoms with van der Waals surface area (Å²) in [6.07, 6.45) is 0.967. The monoisotopic (exact) mass is 152 g/mol. The number of rotatable bonds is 3. The van der Waals surface area contributed by atoms with Crippen molar-refractivity contribution in [1.29, 1.82) is 0 Å². The molecule has 1 unspecified atom stereocenters. The van der Waals surface area contributed by atoms with Crippen LogP contribution in [0.1, 0.15) is 5.56 Å². The van der Waals surface area contributed by atoms with Gasteiger partial charge in [-0.1, -0.05) is 30.3 Å². The maximum Gasteiger partial charge on any atom is 0.154 e. The molecule has 11 heavy (non-hydrogen) atoms. The molecule has 0 saturated heterocycles. The lowest BCUT2D eigenvalue weighted by molar-refractivity contribution is -0.428. The fourth-order valence-corrected chi connectivity index (χ4v) is 0.958. The molecule has 0 spiro atoms. The first-order valence-corrected chi connectivity index (χ1v) is 3.66. The Bertz CT molecular complexity index is 198. The van der Waals surface area contributed by atoms with E-state index < -0.39 is 0 Å². The van der Waals surface area contributed by atoms with E-state index in [1.807, 2.05) is 18.2 Å². The number of benzene rings is 1. The van der Waals surface area contributed by atoms with E-state index in [2.05, 4.69) is 23.3 Å². The molecule has 0 radical (unpaired) electrons. The molecule has 0 aromatic heterocycles. The summed E-state index contributed by atoms with van der Waals surface area (Å²) in [6, 6.07) is 10.2. The van der Waals surface area contributed by atoms with E-state index >= 15 is 0 Å². The van der Waals surface area contributed by atoms with Crippen molar-refractivity contribution in [2.24, 2.45) is 5.84 Å². The predicted molar refractivity (Wildman–Crippen MR) is 44.1 cm³/mol. The molecule has 1 atom stereocenters. The molecule has 0 aliphatic heterocycles. The van der Waals surface area contributed by atoms with E-state index in [-0.39, 0.29) is 6.17 Å². The number of hydrogen-bond donors (Lipinski definition) is 3. The van der Waals surface area contributed by atoms with Gasteiger partial charge >= 0.3 is 0 Å². The second-order valence-electron chi connectivity index (χ2n) is 2.55. The summed E-state index contributed by atoms with van der Waals surface area (Å²) in [5.74, 6) is 5.21. The normalized spacial score (nSPS) is 12.9. The van der Waals surface area contributed by atoms with Gasteiger partial charge in [0, 0.05) is 6.42 Å². The zero-order valence-electron chi connectivity index (χ0n) is 6.46. The first-order valence-electron chi connectivity index (χ1n) is 3.66. The Morgan fingerprint density at radius 1 is 1.36 bits per heavy atom. The lowest BCUT2D eigenvalue weighted by atomic mass is 10.1. The fourth-order valence-electron chi connectivity index (χ4n) is 0.958. The third kappa shape index (κ3) is 2.67. The largest absolute Gasteiger partial charge is 0.341 e. The van der Waals surface area contributed by atoms with Gasteiger partial charge in [-0.3, -0.25) is 5.84 Å². The maximum atomic E-state index is 5.21. The van der Waals surface area contributed by atoms with Crippen molar-refractivity contribution < 1.29 is 5.73 Å². The highest BCUT2D eigenvalue weighted by molar-refractivity contribution is 5.14. The summed E-state index contributed by atoms with van der Waals surface area (Å²) < 4.78 is 0. The van der Waals surface area contributed by atoms with Crippen LogP contribution in [0.15, 0.2) is 30.3 Å². The average molecular weight is 152 g/mol. The molecule has 6 N–H and O–H groups in total. The highest BCUT2D eigenvalue weighted by atomic mass is 15.3. The zero-order valence-corrected chi connectivity index (χ0v) is 6.46. The van der Waals surface area contributed by atoms with Gasteiger partial charge in [-0.25, -0.2) is 5.43 Å². The van der Waals surface area contributed by atoms with Crippen LogP contribution in [0.2, 0.25) is 0 Å². The Morgan fingerprint density at radius 3 is 2.55 bits per heavy atom. The van der Waals surface area contributed by atoms with Gasteiger partial charge in [0.05, 0.1) is 0 Å². The molecule has 3 heteroatoms. The molecule has 0 bridgehead atoms. The van der Waals surface area contributed by atoms with Crippen LogP contribution in [0, 0.1) is 0 Å². The molecule has 0 fully saturated rings. The van der Waals surface area contributed by atoms with E-state index in [0.29, 0.717) is 0 Å². The topological polar surface area (TPSA) is 65.7 Å². The van der Waals surface area contributed by atoms with E-state index in [1.54, 1.807) is 0 Å². The SMILES string of the molecule is NNC([NH3+])Cc1ccccc1. The van der Waals surface area contributed by atoms with Crippen LogP contribution in [0.3, 0.4) is 0 Å². The van der Waals surface area contributed by atoms with Gasteiger partial charge in [0.2, 0.25) is 0 Å². The minimum atomic E-state index is 0.0948. The van der Waals surface area contributed by atoms with Crippen molar-refractivity contribution in [2.75, 3.05) is 0 Å². The molecule has 3 nitrogen and oxygen atoms in total. The average Bonchev–Trinajstić information content (AvgIpc) is 2.06. The molecule has 0 heterocycles. The number of hydrogen-bond acceptors (Lipinski definition) is 2. The lowest BCUT2D eigenvalue weighted by Gasteiger charge is -2.05.